The van der Waals surface area contributed by atoms with Gasteiger partial charge in [0.2, 0.25) is 11.8 Å². The molecule has 0 bridgehead atoms. The van der Waals surface area contributed by atoms with Gasteiger partial charge in [0.25, 0.3) is 0 Å². The SMILES string of the molecule is CCC[C@@H]1NC(=O)C(C)N(Cc2ccccc2)C1=O. The molecule has 0 radical (unpaired) electrons. The van der Waals surface area contributed by atoms with Gasteiger partial charge in [0.1, 0.15) is 12.1 Å². The van der Waals surface area contributed by atoms with E-state index in [1.54, 1.807) is 11.8 Å². The number of amides is 2. The number of carbonyl (C=O) groups is 2. The van der Waals surface area contributed by atoms with Crippen LogP contribution in [0.4, 0.5) is 0 Å². The van der Waals surface area contributed by atoms with Crippen molar-refractivity contribution >= 4 is 11.8 Å². The van der Waals surface area contributed by atoms with Gasteiger partial charge in [0, 0.05) is 6.54 Å². The molecular formula is C15H20N2O2. The summed E-state index contributed by atoms with van der Waals surface area (Å²) >= 11 is 0. The summed E-state index contributed by atoms with van der Waals surface area (Å²) in [5.74, 6) is -0.0354. The number of hydrogen-bond donors (Lipinski definition) is 1. The second-order valence-corrected chi connectivity index (χ2v) is 4.98. The van der Waals surface area contributed by atoms with E-state index in [-0.39, 0.29) is 17.9 Å². The molecule has 102 valence electrons. The van der Waals surface area contributed by atoms with Crippen LogP contribution in [0.25, 0.3) is 0 Å². The van der Waals surface area contributed by atoms with Crippen LogP contribution in [-0.4, -0.2) is 28.8 Å². The first kappa shape index (κ1) is 13.6. The Kier molecular flexibility index (Phi) is 4.20. The molecule has 4 nitrogen and oxygen atoms in total. The molecule has 0 saturated carbocycles. The number of hydrogen-bond acceptors (Lipinski definition) is 2. The van der Waals surface area contributed by atoms with Crippen molar-refractivity contribution in [1.29, 1.82) is 0 Å². The van der Waals surface area contributed by atoms with Crippen molar-refractivity contribution in [3.8, 4) is 0 Å². The van der Waals surface area contributed by atoms with Crippen LogP contribution in [0.3, 0.4) is 0 Å². The molecule has 1 heterocycles. The summed E-state index contributed by atoms with van der Waals surface area (Å²) in [6.45, 7) is 4.28. The Balaban J connectivity index is 2.16. The quantitative estimate of drug-likeness (QED) is 0.896. The molecule has 1 aromatic rings. The van der Waals surface area contributed by atoms with Crippen LogP contribution in [0.1, 0.15) is 32.3 Å². The highest BCUT2D eigenvalue weighted by Crippen LogP contribution is 2.16. The van der Waals surface area contributed by atoms with Crippen molar-refractivity contribution in [3.05, 3.63) is 35.9 Å². The summed E-state index contributed by atoms with van der Waals surface area (Å²) in [6, 6.07) is 9.01. The van der Waals surface area contributed by atoms with Crippen LogP contribution in [0.15, 0.2) is 30.3 Å². The van der Waals surface area contributed by atoms with Crippen LogP contribution in [-0.2, 0) is 16.1 Å². The van der Waals surface area contributed by atoms with Gasteiger partial charge in [-0.3, -0.25) is 9.59 Å². The zero-order chi connectivity index (χ0) is 13.8. The minimum atomic E-state index is -0.402. The third-order valence-corrected chi connectivity index (χ3v) is 3.52. The normalized spacial score (nSPS) is 23.4. The minimum Gasteiger partial charge on any atom is -0.343 e. The van der Waals surface area contributed by atoms with Gasteiger partial charge in [-0.1, -0.05) is 43.7 Å². The molecule has 1 fully saturated rings. The monoisotopic (exact) mass is 260 g/mol. The second-order valence-electron chi connectivity index (χ2n) is 4.98. The molecule has 1 aliphatic rings. The summed E-state index contributed by atoms with van der Waals surface area (Å²) in [6.07, 6.45) is 1.58. The Bertz CT molecular complexity index is 458. The molecule has 1 aliphatic heterocycles. The van der Waals surface area contributed by atoms with Crippen LogP contribution in [0.5, 0.6) is 0 Å². The van der Waals surface area contributed by atoms with E-state index in [2.05, 4.69) is 5.32 Å². The highest BCUT2D eigenvalue weighted by Gasteiger charge is 2.37. The third kappa shape index (κ3) is 2.95. The lowest BCUT2D eigenvalue weighted by molar-refractivity contribution is -0.149. The van der Waals surface area contributed by atoms with E-state index in [0.29, 0.717) is 13.0 Å². The van der Waals surface area contributed by atoms with E-state index in [1.165, 1.54) is 0 Å². The standard InChI is InChI=1S/C15H20N2O2/c1-3-7-13-15(19)17(11(2)14(18)16-13)10-12-8-5-4-6-9-12/h4-6,8-9,11,13H,3,7,10H2,1-2H3,(H,16,18)/t11?,13-/m0/s1. The topological polar surface area (TPSA) is 49.4 Å². The molecule has 4 heteroatoms. The summed E-state index contributed by atoms with van der Waals surface area (Å²) in [7, 11) is 0. The average molecular weight is 260 g/mol. The maximum absolute atomic E-state index is 12.4. The molecule has 2 rings (SSSR count). The lowest BCUT2D eigenvalue weighted by Crippen LogP contribution is -2.61. The second kappa shape index (κ2) is 5.87. The Morgan fingerprint density at radius 3 is 2.53 bits per heavy atom. The molecule has 0 aliphatic carbocycles. The van der Waals surface area contributed by atoms with E-state index >= 15 is 0 Å². The van der Waals surface area contributed by atoms with Gasteiger partial charge >= 0.3 is 0 Å². The summed E-state index contributed by atoms with van der Waals surface area (Å²) in [5.41, 5.74) is 1.05. The number of benzene rings is 1. The lowest BCUT2D eigenvalue weighted by atomic mass is 10.0. The van der Waals surface area contributed by atoms with Crippen molar-refractivity contribution in [2.75, 3.05) is 0 Å². The lowest BCUT2D eigenvalue weighted by Gasteiger charge is -2.37. The largest absolute Gasteiger partial charge is 0.343 e. The Morgan fingerprint density at radius 2 is 1.89 bits per heavy atom. The van der Waals surface area contributed by atoms with Gasteiger partial charge in [-0.05, 0) is 18.9 Å². The highest BCUT2D eigenvalue weighted by molar-refractivity contribution is 5.96. The maximum Gasteiger partial charge on any atom is 0.246 e. The molecule has 19 heavy (non-hydrogen) atoms. The van der Waals surface area contributed by atoms with Gasteiger partial charge in [-0.15, -0.1) is 0 Å². The number of nitrogens with zero attached hydrogens (tertiary/aromatic N) is 1. The van der Waals surface area contributed by atoms with E-state index in [0.717, 1.165) is 12.0 Å². The van der Waals surface area contributed by atoms with Crippen LogP contribution >= 0.6 is 0 Å². The zero-order valence-corrected chi connectivity index (χ0v) is 11.4. The number of carbonyl (C=O) groups excluding carboxylic acids is 2. The van der Waals surface area contributed by atoms with Crippen LogP contribution < -0.4 is 5.32 Å². The van der Waals surface area contributed by atoms with Crippen LogP contribution in [0, 0.1) is 0 Å². The van der Waals surface area contributed by atoms with Crippen LogP contribution in [0.2, 0.25) is 0 Å². The van der Waals surface area contributed by atoms with Crippen molar-refractivity contribution in [2.45, 2.75) is 45.3 Å². The van der Waals surface area contributed by atoms with Crippen molar-refractivity contribution in [2.24, 2.45) is 0 Å². The van der Waals surface area contributed by atoms with Gasteiger partial charge < -0.3 is 10.2 Å². The van der Waals surface area contributed by atoms with E-state index in [1.807, 2.05) is 37.3 Å². The molecule has 2 amide bonds. The number of rotatable bonds is 4. The Hall–Kier alpha value is -1.84. The smallest absolute Gasteiger partial charge is 0.246 e. The summed E-state index contributed by atoms with van der Waals surface area (Å²) < 4.78 is 0. The van der Waals surface area contributed by atoms with Gasteiger partial charge in [-0.25, -0.2) is 0 Å². The fourth-order valence-corrected chi connectivity index (χ4v) is 2.37. The van der Waals surface area contributed by atoms with E-state index in [9.17, 15) is 9.59 Å². The number of piperazine rings is 1. The molecule has 0 aromatic heterocycles. The first-order valence-corrected chi connectivity index (χ1v) is 6.78. The summed E-state index contributed by atoms with van der Waals surface area (Å²) in [5, 5.41) is 2.80. The molecule has 1 N–H and O–H groups in total. The fraction of sp³-hybridized carbons (Fsp3) is 0.467. The van der Waals surface area contributed by atoms with Crippen molar-refractivity contribution < 1.29 is 9.59 Å². The maximum atomic E-state index is 12.4. The Morgan fingerprint density at radius 1 is 1.21 bits per heavy atom. The van der Waals surface area contributed by atoms with Crippen molar-refractivity contribution in [3.63, 3.8) is 0 Å². The molecule has 1 aromatic carbocycles. The first-order valence-electron chi connectivity index (χ1n) is 6.78. The fourth-order valence-electron chi connectivity index (χ4n) is 2.37. The molecule has 0 spiro atoms. The summed E-state index contributed by atoms with van der Waals surface area (Å²) in [4.78, 5) is 26.0. The molecular weight excluding hydrogens is 240 g/mol. The number of nitrogens with one attached hydrogen (secondary N) is 1. The van der Waals surface area contributed by atoms with Crippen molar-refractivity contribution in [1.82, 2.24) is 10.2 Å². The highest BCUT2D eigenvalue weighted by atomic mass is 16.2. The first-order chi connectivity index (χ1) is 9.13. The zero-order valence-electron chi connectivity index (χ0n) is 11.4. The minimum absolute atomic E-state index is 0.0257. The van der Waals surface area contributed by atoms with Gasteiger partial charge in [-0.2, -0.15) is 0 Å². The average Bonchev–Trinajstić information content (AvgIpc) is 2.42. The molecule has 1 unspecified atom stereocenters. The molecule has 2 atom stereocenters. The van der Waals surface area contributed by atoms with E-state index < -0.39 is 6.04 Å². The third-order valence-electron chi connectivity index (χ3n) is 3.52. The predicted molar refractivity (Wildman–Crippen MR) is 73.3 cm³/mol. The molecule has 1 saturated heterocycles. The Labute approximate surface area is 113 Å². The van der Waals surface area contributed by atoms with E-state index in [4.69, 9.17) is 0 Å². The van der Waals surface area contributed by atoms with Gasteiger partial charge in [0.15, 0.2) is 0 Å². The predicted octanol–water partition coefficient (Wildman–Crippen LogP) is 1.70. The van der Waals surface area contributed by atoms with Gasteiger partial charge in [0.05, 0.1) is 0 Å².